The molecule has 0 saturated heterocycles. The smallest absolute Gasteiger partial charge is 0.162 e. The van der Waals surface area contributed by atoms with Crippen LogP contribution in [0.1, 0.15) is 28.4 Å². The van der Waals surface area contributed by atoms with Crippen LogP contribution < -0.4 is 0 Å². The van der Waals surface area contributed by atoms with Crippen molar-refractivity contribution in [2.75, 3.05) is 0 Å². The molecule has 0 radical (unpaired) electrons. The highest BCUT2D eigenvalue weighted by Crippen LogP contribution is 2.09. The van der Waals surface area contributed by atoms with E-state index in [1.54, 1.807) is 24.0 Å². The number of nitrogens with zero attached hydrogens (tertiary/aromatic N) is 2. The predicted molar refractivity (Wildman–Crippen MR) is 62.5 cm³/mol. The maximum Gasteiger partial charge on any atom is 0.162 e. The van der Waals surface area contributed by atoms with Crippen LogP contribution in [0.4, 0.5) is 0 Å². The molecular formula is C13H14N2O. The fourth-order valence-corrected chi connectivity index (χ4v) is 1.59. The molecule has 1 heterocycles. The van der Waals surface area contributed by atoms with Crippen LogP contribution in [0.2, 0.25) is 0 Å². The van der Waals surface area contributed by atoms with E-state index in [0.29, 0.717) is 12.1 Å². The summed E-state index contributed by atoms with van der Waals surface area (Å²) in [5.41, 5.74) is 3.12. The van der Waals surface area contributed by atoms with Crippen LogP contribution in [0.5, 0.6) is 0 Å². The molecule has 0 fully saturated rings. The molecule has 0 N–H and O–H groups in total. The van der Waals surface area contributed by atoms with Crippen LogP contribution in [0.15, 0.2) is 36.7 Å². The largest absolute Gasteiger partial charge is 0.294 e. The van der Waals surface area contributed by atoms with Gasteiger partial charge in [-0.05, 0) is 25.0 Å². The van der Waals surface area contributed by atoms with Crippen molar-refractivity contribution in [3.8, 4) is 0 Å². The lowest BCUT2D eigenvalue weighted by Gasteiger charge is -2.04. The first-order chi connectivity index (χ1) is 7.66. The second-order valence-electron chi connectivity index (χ2n) is 3.91. The van der Waals surface area contributed by atoms with Crippen molar-refractivity contribution >= 4 is 5.78 Å². The van der Waals surface area contributed by atoms with Gasteiger partial charge in [-0.15, -0.1) is 0 Å². The minimum atomic E-state index is 0.0519. The Balaban J connectivity index is 2.21. The molecule has 0 bridgehead atoms. The first-order valence-electron chi connectivity index (χ1n) is 5.25. The van der Waals surface area contributed by atoms with Gasteiger partial charge in [-0.2, -0.15) is 5.10 Å². The van der Waals surface area contributed by atoms with Crippen molar-refractivity contribution in [3.63, 3.8) is 0 Å². The number of Topliss-reactive ketones (excluding diaryl/α,β-unsaturated/α-hetero) is 1. The Morgan fingerprint density at radius 3 is 2.75 bits per heavy atom. The average Bonchev–Trinajstić information content (AvgIpc) is 2.70. The van der Waals surface area contributed by atoms with Gasteiger partial charge in [-0.25, -0.2) is 0 Å². The first-order valence-corrected chi connectivity index (χ1v) is 5.25. The molecule has 0 aliphatic carbocycles. The molecule has 0 saturated carbocycles. The van der Waals surface area contributed by atoms with Crippen molar-refractivity contribution < 1.29 is 4.79 Å². The molecule has 1 aromatic heterocycles. The van der Waals surface area contributed by atoms with E-state index in [1.165, 1.54) is 11.1 Å². The van der Waals surface area contributed by atoms with Gasteiger partial charge in [0.05, 0.1) is 18.3 Å². The summed E-state index contributed by atoms with van der Waals surface area (Å²) in [7, 11) is 0. The summed E-state index contributed by atoms with van der Waals surface area (Å²) in [5, 5.41) is 4.17. The summed E-state index contributed by atoms with van der Waals surface area (Å²) in [5.74, 6) is 0.0519. The number of hydrogen-bond acceptors (Lipinski definition) is 2. The van der Waals surface area contributed by atoms with E-state index in [1.807, 2.05) is 12.1 Å². The Bertz CT molecular complexity index is 514. The van der Waals surface area contributed by atoms with E-state index < -0.39 is 0 Å². The predicted octanol–water partition coefficient (Wildman–Crippen LogP) is 2.44. The molecule has 0 aliphatic rings. The Kier molecular flexibility index (Phi) is 2.86. The zero-order valence-electron chi connectivity index (χ0n) is 9.47. The third-order valence-corrected chi connectivity index (χ3v) is 2.63. The SMILES string of the molecule is CC(=O)c1cnn(Cc2ccccc2C)c1. The minimum Gasteiger partial charge on any atom is -0.294 e. The minimum absolute atomic E-state index is 0.0519. The molecule has 82 valence electrons. The maximum absolute atomic E-state index is 11.1. The van der Waals surface area contributed by atoms with Gasteiger partial charge in [0.25, 0.3) is 0 Å². The average molecular weight is 214 g/mol. The number of hydrogen-bond donors (Lipinski definition) is 0. The quantitative estimate of drug-likeness (QED) is 0.735. The van der Waals surface area contributed by atoms with Crippen molar-refractivity contribution in [1.82, 2.24) is 9.78 Å². The Hall–Kier alpha value is -1.90. The van der Waals surface area contributed by atoms with Crippen molar-refractivity contribution in [1.29, 1.82) is 0 Å². The molecule has 3 heteroatoms. The molecule has 0 aliphatic heterocycles. The van der Waals surface area contributed by atoms with Crippen LogP contribution in [0.3, 0.4) is 0 Å². The monoisotopic (exact) mass is 214 g/mol. The topological polar surface area (TPSA) is 34.9 Å². The molecule has 0 unspecified atom stereocenters. The molecular weight excluding hydrogens is 200 g/mol. The zero-order valence-corrected chi connectivity index (χ0v) is 9.47. The van der Waals surface area contributed by atoms with Gasteiger partial charge < -0.3 is 0 Å². The Morgan fingerprint density at radius 1 is 1.38 bits per heavy atom. The lowest BCUT2D eigenvalue weighted by Crippen LogP contribution is -2.01. The van der Waals surface area contributed by atoms with Crippen molar-refractivity contribution in [2.45, 2.75) is 20.4 Å². The summed E-state index contributed by atoms with van der Waals surface area (Å²) in [6.45, 7) is 4.33. The van der Waals surface area contributed by atoms with Crippen LogP contribution in [-0.2, 0) is 6.54 Å². The fourth-order valence-electron chi connectivity index (χ4n) is 1.59. The molecule has 16 heavy (non-hydrogen) atoms. The molecule has 0 spiro atoms. The third-order valence-electron chi connectivity index (χ3n) is 2.63. The number of carbonyl (C=O) groups excluding carboxylic acids is 1. The first kappa shape index (κ1) is 10.6. The van der Waals surface area contributed by atoms with E-state index in [-0.39, 0.29) is 5.78 Å². The fraction of sp³-hybridized carbons (Fsp3) is 0.231. The van der Waals surface area contributed by atoms with Crippen LogP contribution in [0, 0.1) is 6.92 Å². The second-order valence-corrected chi connectivity index (χ2v) is 3.91. The van der Waals surface area contributed by atoms with E-state index >= 15 is 0 Å². The standard InChI is InChI=1S/C13H14N2O/c1-10-5-3-4-6-12(10)8-15-9-13(7-14-15)11(2)16/h3-7,9H,8H2,1-2H3. The second kappa shape index (κ2) is 4.31. The molecule has 1 aromatic carbocycles. The number of aryl methyl sites for hydroxylation is 1. The van der Waals surface area contributed by atoms with Gasteiger partial charge in [0.15, 0.2) is 5.78 Å². The van der Waals surface area contributed by atoms with E-state index in [4.69, 9.17) is 0 Å². The summed E-state index contributed by atoms with van der Waals surface area (Å²) in [6, 6.07) is 8.18. The summed E-state index contributed by atoms with van der Waals surface area (Å²) in [6.07, 6.45) is 3.40. The number of aromatic nitrogens is 2. The lowest BCUT2D eigenvalue weighted by atomic mass is 10.1. The van der Waals surface area contributed by atoms with Gasteiger partial charge in [0, 0.05) is 6.20 Å². The Morgan fingerprint density at radius 2 is 2.12 bits per heavy atom. The third kappa shape index (κ3) is 2.19. The highest BCUT2D eigenvalue weighted by atomic mass is 16.1. The van der Waals surface area contributed by atoms with Crippen LogP contribution in [0.25, 0.3) is 0 Å². The highest BCUT2D eigenvalue weighted by Gasteiger charge is 2.04. The molecule has 3 nitrogen and oxygen atoms in total. The number of carbonyl (C=O) groups is 1. The van der Waals surface area contributed by atoms with Gasteiger partial charge in [-0.3, -0.25) is 9.48 Å². The van der Waals surface area contributed by atoms with Crippen molar-refractivity contribution in [3.05, 3.63) is 53.3 Å². The van der Waals surface area contributed by atoms with E-state index in [2.05, 4.69) is 24.2 Å². The van der Waals surface area contributed by atoms with Gasteiger partial charge in [0.1, 0.15) is 0 Å². The normalized spacial score (nSPS) is 10.4. The molecule has 2 aromatic rings. The van der Waals surface area contributed by atoms with Gasteiger partial charge in [-0.1, -0.05) is 24.3 Å². The highest BCUT2D eigenvalue weighted by molar-refractivity contribution is 5.93. The zero-order chi connectivity index (χ0) is 11.5. The van der Waals surface area contributed by atoms with Crippen LogP contribution in [-0.4, -0.2) is 15.6 Å². The van der Waals surface area contributed by atoms with Crippen LogP contribution >= 0.6 is 0 Å². The molecule has 0 amide bonds. The number of benzene rings is 1. The van der Waals surface area contributed by atoms with Crippen molar-refractivity contribution in [2.24, 2.45) is 0 Å². The lowest BCUT2D eigenvalue weighted by molar-refractivity contribution is 0.101. The van der Waals surface area contributed by atoms with E-state index in [0.717, 1.165) is 0 Å². The molecule has 0 atom stereocenters. The maximum atomic E-state index is 11.1. The molecule has 2 rings (SSSR count). The van der Waals surface area contributed by atoms with E-state index in [9.17, 15) is 4.79 Å². The van der Waals surface area contributed by atoms with Gasteiger partial charge >= 0.3 is 0 Å². The summed E-state index contributed by atoms with van der Waals surface area (Å²) < 4.78 is 1.79. The number of rotatable bonds is 3. The Labute approximate surface area is 94.7 Å². The van der Waals surface area contributed by atoms with Gasteiger partial charge in [0.2, 0.25) is 0 Å². The summed E-state index contributed by atoms with van der Waals surface area (Å²) in [4.78, 5) is 11.1. The summed E-state index contributed by atoms with van der Waals surface area (Å²) >= 11 is 0. The number of ketones is 1.